The van der Waals surface area contributed by atoms with Crippen molar-refractivity contribution in [2.75, 3.05) is 25.0 Å². The number of nitrogens with one attached hydrogen (secondary N) is 2. The number of amides is 2. The molecule has 2 aliphatic rings. The molecule has 1 spiro atoms. The van der Waals surface area contributed by atoms with Crippen LogP contribution in [0.25, 0.3) is 0 Å². The smallest absolute Gasteiger partial charge is 0.257 e. The summed E-state index contributed by atoms with van der Waals surface area (Å²) in [6.07, 6.45) is 0.442. The second-order valence-corrected chi connectivity index (χ2v) is 8.00. The number of carbonyl (C=O) groups excluding carboxylic acids is 3. The van der Waals surface area contributed by atoms with E-state index < -0.39 is 22.9 Å². The van der Waals surface area contributed by atoms with Crippen molar-refractivity contribution in [3.05, 3.63) is 29.8 Å². The van der Waals surface area contributed by atoms with Crippen LogP contribution in [0.2, 0.25) is 0 Å². The van der Waals surface area contributed by atoms with Crippen LogP contribution in [0.1, 0.15) is 37.6 Å². The van der Waals surface area contributed by atoms with Gasteiger partial charge in [-0.3, -0.25) is 14.4 Å². The van der Waals surface area contributed by atoms with Gasteiger partial charge in [0.1, 0.15) is 0 Å². The van der Waals surface area contributed by atoms with Crippen LogP contribution in [-0.4, -0.2) is 58.4 Å². The third-order valence-corrected chi connectivity index (χ3v) is 4.92. The number of aliphatic hydroxyl groups is 1. The Morgan fingerprint density at radius 1 is 1.35 bits per heavy atom. The number of likely N-dealkylation sites (tertiary alicyclic amines) is 1. The standard InChI is InChI=1S/C19H25N3O4/c1-18(2,3)21-15(24)10-22-9-8-12(11-23)19(17(22)26)16(25)13-6-4-5-7-14(13)20-19/h4-7,12,20,23H,8-11H2,1-3H3,(H,21,24)/t12-,19-/m1/s1. The number of hydrogen-bond acceptors (Lipinski definition) is 5. The number of Topliss-reactive ketones (excluding diaryl/α,β-unsaturated/α-hetero) is 1. The number of fused-ring (bicyclic) bond motifs is 1. The summed E-state index contributed by atoms with van der Waals surface area (Å²) >= 11 is 0. The molecule has 7 heteroatoms. The van der Waals surface area contributed by atoms with Gasteiger partial charge in [-0.15, -0.1) is 0 Å². The maximum atomic E-state index is 13.3. The minimum absolute atomic E-state index is 0.110. The summed E-state index contributed by atoms with van der Waals surface area (Å²) in [4.78, 5) is 40.0. The fourth-order valence-electron chi connectivity index (χ4n) is 3.77. The predicted molar refractivity (Wildman–Crippen MR) is 96.8 cm³/mol. The molecule has 1 aromatic carbocycles. The van der Waals surface area contributed by atoms with Crippen LogP contribution >= 0.6 is 0 Å². The van der Waals surface area contributed by atoms with Crippen LogP contribution in [-0.2, 0) is 9.59 Å². The lowest BCUT2D eigenvalue weighted by Crippen LogP contribution is -2.66. The van der Waals surface area contributed by atoms with E-state index in [4.69, 9.17) is 0 Å². The molecule has 0 bridgehead atoms. The van der Waals surface area contributed by atoms with Gasteiger partial charge in [0.15, 0.2) is 11.3 Å². The Bertz CT molecular complexity index is 755. The van der Waals surface area contributed by atoms with E-state index in [9.17, 15) is 19.5 Å². The first-order valence-electron chi connectivity index (χ1n) is 8.82. The molecule has 0 saturated carbocycles. The van der Waals surface area contributed by atoms with E-state index in [2.05, 4.69) is 10.6 Å². The van der Waals surface area contributed by atoms with Gasteiger partial charge in [0.05, 0.1) is 6.54 Å². The summed E-state index contributed by atoms with van der Waals surface area (Å²) in [5.74, 6) is -1.59. The molecule has 2 aliphatic heterocycles. The van der Waals surface area contributed by atoms with Crippen molar-refractivity contribution in [2.45, 2.75) is 38.3 Å². The van der Waals surface area contributed by atoms with Crippen molar-refractivity contribution in [3.63, 3.8) is 0 Å². The maximum absolute atomic E-state index is 13.3. The predicted octanol–water partition coefficient (Wildman–Crippen LogP) is 0.789. The highest BCUT2D eigenvalue weighted by molar-refractivity contribution is 6.26. The van der Waals surface area contributed by atoms with Crippen molar-refractivity contribution in [3.8, 4) is 0 Å². The molecule has 26 heavy (non-hydrogen) atoms. The van der Waals surface area contributed by atoms with E-state index in [1.54, 1.807) is 24.3 Å². The summed E-state index contributed by atoms with van der Waals surface area (Å²) in [5.41, 5.74) is -0.900. The molecule has 2 amide bonds. The molecule has 140 valence electrons. The van der Waals surface area contributed by atoms with Gasteiger partial charge in [-0.25, -0.2) is 0 Å². The molecule has 1 saturated heterocycles. The van der Waals surface area contributed by atoms with Gasteiger partial charge in [0.25, 0.3) is 5.91 Å². The first-order valence-corrected chi connectivity index (χ1v) is 8.82. The summed E-state index contributed by atoms with van der Waals surface area (Å²) in [6.45, 7) is 5.54. The minimum atomic E-state index is -1.53. The highest BCUT2D eigenvalue weighted by Crippen LogP contribution is 2.41. The molecule has 0 aliphatic carbocycles. The Balaban J connectivity index is 1.88. The Hall–Kier alpha value is -2.41. The van der Waals surface area contributed by atoms with Crippen molar-refractivity contribution in [1.29, 1.82) is 0 Å². The van der Waals surface area contributed by atoms with E-state index in [0.717, 1.165) is 0 Å². The lowest BCUT2D eigenvalue weighted by molar-refractivity contribution is -0.144. The molecule has 1 fully saturated rings. The molecule has 7 nitrogen and oxygen atoms in total. The molecule has 0 radical (unpaired) electrons. The maximum Gasteiger partial charge on any atom is 0.257 e. The van der Waals surface area contributed by atoms with Crippen LogP contribution in [0.4, 0.5) is 5.69 Å². The van der Waals surface area contributed by atoms with Gasteiger partial charge >= 0.3 is 0 Å². The molecule has 2 atom stereocenters. The van der Waals surface area contributed by atoms with E-state index >= 15 is 0 Å². The van der Waals surface area contributed by atoms with Crippen molar-refractivity contribution in [2.24, 2.45) is 5.92 Å². The summed E-state index contributed by atoms with van der Waals surface area (Å²) in [6, 6.07) is 6.95. The van der Waals surface area contributed by atoms with E-state index in [1.807, 2.05) is 20.8 Å². The van der Waals surface area contributed by atoms with E-state index in [-0.39, 0.29) is 24.8 Å². The van der Waals surface area contributed by atoms with Crippen LogP contribution in [0.5, 0.6) is 0 Å². The fraction of sp³-hybridized carbons (Fsp3) is 0.526. The van der Waals surface area contributed by atoms with E-state index in [0.29, 0.717) is 24.2 Å². The van der Waals surface area contributed by atoms with Gasteiger partial charge in [0.2, 0.25) is 5.91 Å². The number of nitrogens with zero attached hydrogens (tertiary/aromatic N) is 1. The molecule has 3 rings (SSSR count). The number of hydrogen-bond donors (Lipinski definition) is 3. The van der Waals surface area contributed by atoms with Crippen molar-refractivity contribution in [1.82, 2.24) is 10.2 Å². The highest BCUT2D eigenvalue weighted by atomic mass is 16.3. The lowest BCUT2D eigenvalue weighted by Gasteiger charge is -2.43. The topological polar surface area (TPSA) is 98.7 Å². The molecule has 2 heterocycles. The van der Waals surface area contributed by atoms with Crippen LogP contribution in [0, 0.1) is 5.92 Å². The first-order chi connectivity index (χ1) is 12.2. The summed E-state index contributed by atoms with van der Waals surface area (Å²) < 4.78 is 0. The number of ketones is 1. The average molecular weight is 359 g/mol. The quantitative estimate of drug-likeness (QED) is 0.693. The average Bonchev–Trinajstić information content (AvgIpc) is 2.85. The number of piperidine rings is 1. The molecular formula is C19H25N3O4. The van der Waals surface area contributed by atoms with Crippen molar-refractivity contribution < 1.29 is 19.5 Å². The normalized spacial score (nSPS) is 25.2. The molecule has 1 aromatic rings. The monoisotopic (exact) mass is 359 g/mol. The summed E-state index contributed by atoms with van der Waals surface area (Å²) in [7, 11) is 0. The van der Waals surface area contributed by atoms with Crippen LogP contribution in [0.15, 0.2) is 24.3 Å². The molecule has 0 unspecified atom stereocenters. The van der Waals surface area contributed by atoms with Crippen LogP contribution in [0.3, 0.4) is 0 Å². The second kappa shape index (κ2) is 6.39. The summed E-state index contributed by atoms with van der Waals surface area (Å²) in [5, 5.41) is 15.7. The van der Waals surface area contributed by atoms with Gasteiger partial charge < -0.3 is 20.6 Å². The Morgan fingerprint density at radius 2 is 2.04 bits per heavy atom. The number of carbonyl (C=O) groups is 3. The van der Waals surface area contributed by atoms with Gasteiger partial charge in [-0.05, 0) is 39.3 Å². The zero-order chi connectivity index (χ0) is 19.1. The number of benzene rings is 1. The SMILES string of the molecule is CC(C)(C)NC(=O)CN1CC[C@H](CO)[C@]2(Nc3ccccc3C2=O)C1=O. The number of para-hydroxylation sites is 1. The third-order valence-electron chi connectivity index (χ3n) is 4.92. The molecule has 0 aromatic heterocycles. The Kier molecular flexibility index (Phi) is 4.52. The Labute approximate surface area is 152 Å². The van der Waals surface area contributed by atoms with Gasteiger partial charge in [-0.1, -0.05) is 12.1 Å². The molecular weight excluding hydrogens is 334 g/mol. The number of rotatable bonds is 3. The van der Waals surface area contributed by atoms with Gasteiger partial charge in [-0.2, -0.15) is 0 Å². The van der Waals surface area contributed by atoms with E-state index in [1.165, 1.54) is 4.90 Å². The zero-order valence-corrected chi connectivity index (χ0v) is 15.3. The number of aliphatic hydroxyl groups excluding tert-OH is 1. The minimum Gasteiger partial charge on any atom is -0.396 e. The zero-order valence-electron chi connectivity index (χ0n) is 15.3. The number of anilines is 1. The Morgan fingerprint density at radius 3 is 2.65 bits per heavy atom. The lowest BCUT2D eigenvalue weighted by atomic mass is 9.75. The van der Waals surface area contributed by atoms with Gasteiger partial charge in [0, 0.05) is 35.9 Å². The largest absolute Gasteiger partial charge is 0.396 e. The first kappa shape index (κ1) is 18.4. The third kappa shape index (κ3) is 2.96. The van der Waals surface area contributed by atoms with Crippen molar-refractivity contribution >= 4 is 23.3 Å². The second-order valence-electron chi connectivity index (χ2n) is 8.00. The molecule has 3 N–H and O–H groups in total. The van der Waals surface area contributed by atoms with Crippen LogP contribution < -0.4 is 10.6 Å². The highest BCUT2D eigenvalue weighted by Gasteiger charge is 2.59. The fourth-order valence-corrected chi connectivity index (χ4v) is 3.77.